The van der Waals surface area contributed by atoms with E-state index in [0.29, 0.717) is 12.4 Å². The van der Waals surface area contributed by atoms with Crippen LogP contribution in [0.1, 0.15) is 11.1 Å². The lowest BCUT2D eigenvalue weighted by atomic mass is 10.2. The second-order valence-corrected chi connectivity index (χ2v) is 4.22. The quantitative estimate of drug-likeness (QED) is 0.673. The predicted molar refractivity (Wildman–Crippen MR) is 67.3 cm³/mol. The molecule has 0 spiro atoms. The van der Waals surface area contributed by atoms with Crippen molar-refractivity contribution < 1.29 is 4.92 Å². The molecule has 90 valence electrons. The highest BCUT2D eigenvalue weighted by Crippen LogP contribution is 2.19. The van der Waals surface area contributed by atoms with E-state index in [1.54, 1.807) is 11.3 Å². The molecular formula is C11H8N4O2S. The van der Waals surface area contributed by atoms with Gasteiger partial charge in [-0.3, -0.25) is 10.1 Å². The van der Waals surface area contributed by atoms with E-state index in [2.05, 4.69) is 10.3 Å². The van der Waals surface area contributed by atoms with E-state index in [0.717, 1.165) is 11.8 Å². The maximum Gasteiger partial charge on any atom is 0.289 e. The Balaban J connectivity index is 2.18. The summed E-state index contributed by atoms with van der Waals surface area (Å²) in [7, 11) is 0. The Hall–Kier alpha value is -2.46. The molecule has 2 aromatic heterocycles. The van der Waals surface area contributed by atoms with E-state index < -0.39 is 4.92 Å². The van der Waals surface area contributed by atoms with Gasteiger partial charge >= 0.3 is 0 Å². The molecule has 0 saturated heterocycles. The molecule has 0 radical (unpaired) electrons. The van der Waals surface area contributed by atoms with Crippen molar-refractivity contribution >= 4 is 22.8 Å². The van der Waals surface area contributed by atoms with E-state index in [-0.39, 0.29) is 11.3 Å². The summed E-state index contributed by atoms with van der Waals surface area (Å²) in [5, 5.41) is 26.4. The maximum atomic E-state index is 10.6. The molecule has 2 heterocycles. The summed E-state index contributed by atoms with van der Waals surface area (Å²) in [6, 6.07) is 5.06. The van der Waals surface area contributed by atoms with Crippen LogP contribution in [0.2, 0.25) is 0 Å². The third-order valence-electron chi connectivity index (χ3n) is 2.24. The topological polar surface area (TPSA) is 91.8 Å². The lowest BCUT2D eigenvalue weighted by molar-refractivity contribution is -0.385. The first-order valence-corrected chi connectivity index (χ1v) is 5.94. The largest absolute Gasteiger partial charge is 0.365 e. The monoisotopic (exact) mass is 260 g/mol. The van der Waals surface area contributed by atoms with Gasteiger partial charge in [0.2, 0.25) is 0 Å². The van der Waals surface area contributed by atoms with Crippen molar-refractivity contribution in [1.82, 2.24) is 4.98 Å². The molecule has 2 aromatic rings. The first kappa shape index (κ1) is 12.0. The van der Waals surface area contributed by atoms with E-state index in [4.69, 9.17) is 5.26 Å². The van der Waals surface area contributed by atoms with E-state index in [1.807, 2.05) is 22.9 Å². The van der Waals surface area contributed by atoms with Gasteiger partial charge in [-0.25, -0.2) is 4.98 Å². The average molecular weight is 260 g/mol. The van der Waals surface area contributed by atoms with Gasteiger partial charge in [-0.15, -0.1) is 0 Å². The zero-order chi connectivity index (χ0) is 13.0. The smallest absolute Gasteiger partial charge is 0.289 e. The summed E-state index contributed by atoms with van der Waals surface area (Å²) in [4.78, 5) is 13.9. The SMILES string of the molecule is N#Cc1cc([N+](=O)[O-])cnc1NCc1ccsc1. The van der Waals surface area contributed by atoms with Gasteiger partial charge in [0.25, 0.3) is 5.69 Å². The Bertz CT molecular complexity index is 604. The Morgan fingerprint density at radius 2 is 2.44 bits per heavy atom. The lowest BCUT2D eigenvalue weighted by Gasteiger charge is -2.05. The van der Waals surface area contributed by atoms with E-state index >= 15 is 0 Å². The highest BCUT2D eigenvalue weighted by atomic mass is 32.1. The van der Waals surface area contributed by atoms with E-state index in [1.165, 1.54) is 6.07 Å². The van der Waals surface area contributed by atoms with Gasteiger partial charge in [0, 0.05) is 12.6 Å². The number of nitrogens with zero attached hydrogens (tertiary/aromatic N) is 3. The summed E-state index contributed by atoms with van der Waals surface area (Å²) >= 11 is 1.58. The van der Waals surface area contributed by atoms with Gasteiger partial charge < -0.3 is 5.32 Å². The Morgan fingerprint density at radius 1 is 1.61 bits per heavy atom. The van der Waals surface area contributed by atoms with Crippen LogP contribution < -0.4 is 5.32 Å². The molecule has 0 aliphatic carbocycles. The fourth-order valence-corrected chi connectivity index (χ4v) is 2.03. The molecule has 0 unspecified atom stereocenters. The first-order valence-electron chi connectivity index (χ1n) is 5.00. The number of anilines is 1. The number of rotatable bonds is 4. The van der Waals surface area contributed by atoms with Crippen molar-refractivity contribution in [3.05, 3.63) is 50.3 Å². The second kappa shape index (κ2) is 5.25. The molecule has 0 amide bonds. The number of hydrogen-bond donors (Lipinski definition) is 1. The standard InChI is InChI=1S/C11H8N4O2S/c12-4-9-3-10(15(16)17)6-14-11(9)13-5-8-1-2-18-7-8/h1-3,6-7H,5H2,(H,13,14). The molecule has 0 fully saturated rings. The zero-order valence-corrected chi connectivity index (χ0v) is 9.98. The normalized spacial score (nSPS) is 9.72. The summed E-state index contributed by atoms with van der Waals surface area (Å²) < 4.78 is 0. The van der Waals surface area contributed by atoms with Crippen molar-refractivity contribution in [2.75, 3.05) is 5.32 Å². The zero-order valence-electron chi connectivity index (χ0n) is 9.16. The van der Waals surface area contributed by atoms with Crippen molar-refractivity contribution in [3.63, 3.8) is 0 Å². The highest BCUT2D eigenvalue weighted by Gasteiger charge is 2.11. The second-order valence-electron chi connectivity index (χ2n) is 3.44. The number of nitrogens with one attached hydrogen (secondary N) is 1. The molecule has 18 heavy (non-hydrogen) atoms. The Morgan fingerprint density at radius 3 is 3.06 bits per heavy atom. The number of pyridine rings is 1. The first-order chi connectivity index (χ1) is 8.70. The van der Waals surface area contributed by atoms with Gasteiger partial charge in [-0.1, -0.05) is 0 Å². The van der Waals surface area contributed by atoms with Crippen LogP contribution in [0.5, 0.6) is 0 Å². The van der Waals surface area contributed by atoms with Crippen LogP contribution in [0, 0.1) is 21.4 Å². The highest BCUT2D eigenvalue weighted by molar-refractivity contribution is 7.07. The number of nitro groups is 1. The van der Waals surface area contributed by atoms with Crippen LogP contribution in [0.4, 0.5) is 11.5 Å². The van der Waals surface area contributed by atoms with Crippen LogP contribution in [-0.4, -0.2) is 9.91 Å². The number of hydrogen-bond acceptors (Lipinski definition) is 6. The van der Waals surface area contributed by atoms with Crippen LogP contribution in [0.15, 0.2) is 29.1 Å². The summed E-state index contributed by atoms with van der Waals surface area (Å²) in [6.45, 7) is 0.531. The minimum Gasteiger partial charge on any atom is -0.365 e. The fraction of sp³-hybridized carbons (Fsp3) is 0.0909. The molecule has 0 atom stereocenters. The summed E-state index contributed by atoms with van der Waals surface area (Å²) in [5.41, 5.74) is 1.05. The summed E-state index contributed by atoms with van der Waals surface area (Å²) in [6.07, 6.45) is 1.14. The maximum absolute atomic E-state index is 10.6. The van der Waals surface area contributed by atoms with E-state index in [9.17, 15) is 10.1 Å². The number of aromatic nitrogens is 1. The third-order valence-corrected chi connectivity index (χ3v) is 2.98. The molecule has 0 bridgehead atoms. The van der Waals surface area contributed by atoms with Crippen LogP contribution in [0.3, 0.4) is 0 Å². The number of nitriles is 1. The molecule has 0 aliphatic heterocycles. The van der Waals surface area contributed by atoms with Gasteiger partial charge in [-0.05, 0) is 22.4 Å². The van der Waals surface area contributed by atoms with Crippen molar-refractivity contribution in [3.8, 4) is 6.07 Å². The van der Waals surface area contributed by atoms with Crippen LogP contribution in [-0.2, 0) is 6.54 Å². The van der Waals surface area contributed by atoms with Crippen molar-refractivity contribution in [1.29, 1.82) is 5.26 Å². The van der Waals surface area contributed by atoms with Gasteiger partial charge in [-0.2, -0.15) is 16.6 Å². The van der Waals surface area contributed by atoms with Crippen molar-refractivity contribution in [2.45, 2.75) is 6.54 Å². The third kappa shape index (κ3) is 2.61. The molecule has 6 nitrogen and oxygen atoms in total. The van der Waals surface area contributed by atoms with Crippen molar-refractivity contribution in [2.24, 2.45) is 0 Å². The summed E-state index contributed by atoms with van der Waals surface area (Å²) in [5.74, 6) is 0.356. The van der Waals surface area contributed by atoms with Crippen LogP contribution >= 0.6 is 11.3 Å². The van der Waals surface area contributed by atoms with Gasteiger partial charge in [0.1, 0.15) is 23.6 Å². The van der Waals surface area contributed by atoms with Gasteiger partial charge in [0.15, 0.2) is 0 Å². The molecule has 0 saturated carbocycles. The predicted octanol–water partition coefficient (Wildman–Crippen LogP) is 2.54. The number of thiophene rings is 1. The Kier molecular flexibility index (Phi) is 3.50. The minimum absolute atomic E-state index is 0.166. The van der Waals surface area contributed by atoms with Gasteiger partial charge in [0.05, 0.1) is 4.92 Å². The van der Waals surface area contributed by atoms with Crippen LogP contribution in [0.25, 0.3) is 0 Å². The average Bonchev–Trinajstić information content (AvgIpc) is 2.89. The molecular weight excluding hydrogens is 252 g/mol. The Labute approximate surface area is 107 Å². The molecule has 0 aliphatic rings. The molecule has 7 heteroatoms. The molecule has 0 aromatic carbocycles. The fourth-order valence-electron chi connectivity index (χ4n) is 1.36. The lowest BCUT2D eigenvalue weighted by Crippen LogP contribution is -2.03. The minimum atomic E-state index is -0.573. The molecule has 1 N–H and O–H groups in total. The molecule has 2 rings (SSSR count).